The average Bonchev–Trinajstić information content (AvgIpc) is 3.07. The minimum absolute atomic E-state index is 0.0419. The van der Waals surface area contributed by atoms with Gasteiger partial charge in [-0.3, -0.25) is 9.59 Å². The Morgan fingerprint density at radius 2 is 2.00 bits per heavy atom. The topological polar surface area (TPSA) is 68.5 Å². The third-order valence-electron chi connectivity index (χ3n) is 4.00. The summed E-state index contributed by atoms with van der Waals surface area (Å²) in [7, 11) is 0. The molecule has 0 saturated heterocycles. The van der Waals surface area contributed by atoms with Crippen molar-refractivity contribution in [2.24, 2.45) is 0 Å². The van der Waals surface area contributed by atoms with Gasteiger partial charge < -0.3 is 14.5 Å². The van der Waals surface area contributed by atoms with Crippen LogP contribution in [0.1, 0.15) is 24.3 Å². The fourth-order valence-corrected chi connectivity index (χ4v) is 2.84. The molecule has 140 valence electrons. The van der Waals surface area contributed by atoms with E-state index in [2.05, 4.69) is 5.32 Å². The van der Waals surface area contributed by atoms with Crippen LogP contribution in [-0.4, -0.2) is 18.5 Å². The van der Waals surface area contributed by atoms with E-state index < -0.39 is 30.3 Å². The lowest BCUT2D eigenvalue weighted by molar-refractivity contribution is -0.148. The molecule has 0 saturated carbocycles. The maximum Gasteiger partial charge on any atom is 0.310 e. The van der Waals surface area contributed by atoms with Crippen molar-refractivity contribution >= 4 is 34.4 Å². The molecule has 1 heterocycles. The van der Waals surface area contributed by atoms with Gasteiger partial charge in [0.2, 0.25) is 0 Å². The molecule has 0 fully saturated rings. The van der Waals surface area contributed by atoms with Gasteiger partial charge in [-0.25, -0.2) is 4.39 Å². The number of carbonyl (C=O) groups is 2. The van der Waals surface area contributed by atoms with Crippen LogP contribution in [0.3, 0.4) is 0 Å². The number of para-hydroxylation sites is 1. The van der Waals surface area contributed by atoms with Crippen molar-refractivity contribution < 1.29 is 23.1 Å². The summed E-state index contributed by atoms with van der Waals surface area (Å²) < 4.78 is 24.3. The quantitative estimate of drug-likeness (QED) is 0.642. The van der Waals surface area contributed by atoms with Crippen molar-refractivity contribution in [2.45, 2.75) is 19.4 Å². The van der Waals surface area contributed by atoms with Crippen molar-refractivity contribution in [3.63, 3.8) is 0 Å². The van der Waals surface area contributed by atoms with Crippen LogP contribution in [0.5, 0.6) is 0 Å². The van der Waals surface area contributed by atoms with Crippen LogP contribution in [0, 0.1) is 5.82 Å². The normalized spacial score (nSPS) is 12.0. The molecule has 0 aliphatic carbocycles. The number of hydrogen-bond donors (Lipinski definition) is 1. The highest BCUT2D eigenvalue weighted by Crippen LogP contribution is 2.23. The Labute approximate surface area is 160 Å². The maximum absolute atomic E-state index is 13.7. The predicted octanol–water partition coefficient (Wildman–Crippen LogP) is 4.19. The van der Waals surface area contributed by atoms with Crippen molar-refractivity contribution in [3.05, 3.63) is 70.7 Å². The third kappa shape index (κ3) is 4.65. The van der Waals surface area contributed by atoms with Gasteiger partial charge in [-0.05, 0) is 31.2 Å². The van der Waals surface area contributed by atoms with Gasteiger partial charge >= 0.3 is 5.97 Å². The van der Waals surface area contributed by atoms with Gasteiger partial charge in [-0.2, -0.15) is 0 Å². The molecular formula is C20H17ClFNO4. The lowest BCUT2D eigenvalue weighted by Gasteiger charge is -2.12. The summed E-state index contributed by atoms with van der Waals surface area (Å²) in [5.41, 5.74) is 0.766. The van der Waals surface area contributed by atoms with Gasteiger partial charge in [0.25, 0.3) is 5.91 Å². The number of amides is 1. The predicted molar refractivity (Wildman–Crippen MR) is 98.8 cm³/mol. The fourth-order valence-electron chi connectivity index (χ4n) is 2.61. The molecule has 2 aromatic carbocycles. The van der Waals surface area contributed by atoms with Gasteiger partial charge in [-0.15, -0.1) is 0 Å². The molecule has 0 radical (unpaired) electrons. The summed E-state index contributed by atoms with van der Waals surface area (Å²) in [4.78, 5) is 23.9. The second-order valence-electron chi connectivity index (χ2n) is 6.01. The molecule has 27 heavy (non-hydrogen) atoms. The van der Waals surface area contributed by atoms with E-state index in [1.54, 1.807) is 6.92 Å². The highest BCUT2D eigenvalue weighted by atomic mass is 35.5. The Hall–Kier alpha value is -2.86. The standard InChI is InChI=1S/C20H17ClFNO4/c1-12(18-9-13-5-2-3-8-17(13)27-18)23-19(24)11-26-20(25)10-14-15(21)6-4-7-16(14)22/h2-9,12H,10-11H2,1H3,(H,23,24)/t12-/m1/s1. The van der Waals surface area contributed by atoms with Crippen molar-refractivity contribution in [3.8, 4) is 0 Å². The molecular weight excluding hydrogens is 373 g/mol. The first-order valence-electron chi connectivity index (χ1n) is 8.30. The Bertz CT molecular complexity index is 932. The van der Waals surface area contributed by atoms with Crippen molar-refractivity contribution in [1.29, 1.82) is 0 Å². The third-order valence-corrected chi connectivity index (χ3v) is 4.35. The van der Waals surface area contributed by atoms with Gasteiger partial charge in [0, 0.05) is 16.0 Å². The fraction of sp³-hybridized carbons (Fsp3) is 0.200. The number of halogens is 2. The highest BCUT2D eigenvalue weighted by molar-refractivity contribution is 6.31. The van der Waals surface area contributed by atoms with E-state index in [0.29, 0.717) is 5.76 Å². The molecule has 7 heteroatoms. The lowest BCUT2D eigenvalue weighted by Crippen LogP contribution is -2.31. The number of esters is 1. The molecule has 1 N–H and O–H groups in total. The zero-order chi connectivity index (χ0) is 19.4. The number of furan rings is 1. The van der Waals surface area contributed by atoms with Gasteiger partial charge in [0.05, 0.1) is 12.5 Å². The van der Waals surface area contributed by atoms with Crippen LogP contribution in [0.2, 0.25) is 5.02 Å². The largest absolute Gasteiger partial charge is 0.459 e. The number of ether oxygens (including phenoxy) is 1. The molecule has 0 aliphatic heterocycles. The van der Waals surface area contributed by atoms with E-state index in [1.807, 2.05) is 30.3 Å². The summed E-state index contributed by atoms with van der Waals surface area (Å²) in [5.74, 6) is -1.24. The van der Waals surface area contributed by atoms with Crippen LogP contribution in [-0.2, 0) is 20.7 Å². The summed E-state index contributed by atoms with van der Waals surface area (Å²) in [6.45, 7) is 1.28. The Morgan fingerprint density at radius 1 is 1.22 bits per heavy atom. The Balaban J connectivity index is 1.52. The minimum Gasteiger partial charge on any atom is -0.459 e. The molecule has 1 aromatic heterocycles. The monoisotopic (exact) mass is 389 g/mol. The zero-order valence-electron chi connectivity index (χ0n) is 14.5. The van der Waals surface area contributed by atoms with E-state index in [9.17, 15) is 14.0 Å². The van der Waals surface area contributed by atoms with E-state index >= 15 is 0 Å². The number of carbonyl (C=O) groups excluding carboxylic acids is 2. The van der Waals surface area contributed by atoms with Crippen LogP contribution in [0.4, 0.5) is 4.39 Å². The van der Waals surface area contributed by atoms with E-state index in [0.717, 1.165) is 11.0 Å². The second kappa shape index (κ2) is 8.22. The SMILES string of the molecule is C[C@@H](NC(=O)COC(=O)Cc1c(F)cccc1Cl)c1cc2ccccc2o1. The van der Waals surface area contributed by atoms with Crippen molar-refractivity contribution in [2.75, 3.05) is 6.61 Å². The summed E-state index contributed by atoms with van der Waals surface area (Å²) >= 11 is 5.87. The molecule has 1 amide bonds. The first-order valence-corrected chi connectivity index (χ1v) is 8.68. The first kappa shape index (κ1) is 18.9. The zero-order valence-corrected chi connectivity index (χ0v) is 15.3. The summed E-state index contributed by atoms with van der Waals surface area (Å²) in [6.07, 6.45) is -0.349. The van der Waals surface area contributed by atoms with E-state index in [1.165, 1.54) is 18.2 Å². The van der Waals surface area contributed by atoms with Crippen LogP contribution >= 0.6 is 11.6 Å². The van der Waals surface area contributed by atoms with Crippen LogP contribution in [0.25, 0.3) is 11.0 Å². The summed E-state index contributed by atoms with van der Waals surface area (Å²) in [6, 6.07) is 13.1. The van der Waals surface area contributed by atoms with E-state index in [4.69, 9.17) is 20.8 Å². The molecule has 0 bridgehead atoms. The molecule has 1 atom stereocenters. The molecule has 0 spiro atoms. The smallest absolute Gasteiger partial charge is 0.310 e. The first-order chi connectivity index (χ1) is 12.9. The average molecular weight is 390 g/mol. The highest BCUT2D eigenvalue weighted by Gasteiger charge is 2.17. The van der Waals surface area contributed by atoms with Gasteiger partial charge in [0.15, 0.2) is 6.61 Å². The number of fused-ring (bicyclic) bond motifs is 1. The van der Waals surface area contributed by atoms with E-state index in [-0.39, 0.29) is 17.0 Å². The second-order valence-corrected chi connectivity index (χ2v) is 6.42. The number of hydrogen-bond acceptors (Lipinski definition) is 4. The Morgan fingerprint density at radius 3 is 2.74 bits per heavy atom. The van der Waals surface area contributed by atoms with Crippen molar-refractivity contribution in [1.82, 2.24) is 5.32 Å². The Kier molecular flexibility index (Phi) is 5.76. The summed E-state index contributed by atoms with van der Waals surface area (Å²) in [5, 5.41) is 3.76. The molecule has 3 rings (SSSR count). The number of rotatable bonds is 6. The maximum atomic E-state index is 13.7. The molecule has 5 nitrogen and oxygen atoms in total. The van der Waals surface area contributed by atoms with Crippen LogP contribution < -0.4 is 5.32 Å². The molecule has 0 unspecified atom stereocenters. The number of benzene rings is 2. The molecule has 3 aromatic rings. The number of nitrogens with one attached hydrogen (secondary N) is 1. The van der Waals surface area contributed by atoms with Crippen LogP contribution in [0.15, 0.2) is 52.9 Å². The molecule has 0 aliphatic rings. The lowest BCUT2D eigenvalue weighted by atomic mass is 10.1. The van der Waals surface area contributed by atoms with Gasteiger partial charge in [0.1, 0.15) is 17.2 Å². The van der Waals surface area contributed by atoms with Gasteiger partial charge in [-0.1, -0.05) is 35.9 Å². The minimum atomic E-state index is -0.742.